The first-order valence-electron chi connectivity index (χ1n) is 2.94. The SMILES string of the molecule is N#Cc1cnc(C(=O)O)cc1Br. The third-order valence-electron chi connectivity index (χ3n) is 1.19. The molecule has 1 heterocycles. The molecule has 0 unspecified atom stereocenters. The molecule has 5 heteroatoms. The number of halogens is 1. The van der Waals surface area contributed by atoms with Crippen molar-refractivity contribution in [1.29, 1.82) is 5.26 Å². The Labute approximate surface area is 76.6 Å². The van der Waals surface area contributed by atoms with Crippen LogP contribution in [0.15, 0.2) is 16.7 Å². The molecule has 60 valence electrons. The fraction of sp³-hybridized carbons (Fsp3) is 0. The highest BCUT2D eigenvalue weighted by Gasteiger charge is 2.07. The predicted molar refractivity (Wildman–Crippen MR) is 43.6 cm³/mol. The van der Waals surface area contributed by atoms with Gasteiger partial charge < -0.3 is 5.11 Å². The molecule has 0 saturated carbocycles. The van der Waals surface area contributed by atoms with Gasteiger partial charge in [-0.1, -0.05) is 0 Å². The molecule has 0 amide bonds. The fourth-order valence-electron chi connectivity index (χ4n) is 0.630. The van der Waals surface area contributed by atoms with Crippen molar-refractivity contribution in [2.24, 2.45) is 0 Å². The number of pyridine rings is 1. The number of nitrogens with zero attached hydrogens (tertiary/aromatic N) is 2. The van der Waals surface area contributed by atoms with Crippen molar-refractivity contribution in [2.75, 3.05) is 0 Å². The van der Waals surface area contributed by atoms with Crippen LogP contribution >= 0.6 is 15.9 Å². The van der Waals surface area contributed by atoms with Gasteiger partial charge in [0, 0.05) is 10.7 Å². The van der Waals surface area contributed by atoms with E-state index in [4.69, 9.17) is 10.4 Å². The Morgan fingerprint density at radius 2 is 2.42 bits per heavy atom. The number of hydrogen-bond donors (Lipinski definition) is 1. The van der Waals surface area contributed by atoms with E-state index in [1.807, 2.05) is 6.07 Å². The summed E-state index contributed by atoms with van der Waals surface area (Å²) in [5.74, 6) is -1.11. The molecule has 0 radical (unpaired) electrons. The fourth-order valence-corrected chi connectivity index (χ4v) is 1.04. The highest BCUT2D eigenvalue weighted by molar-refractivity contribution is 9.10. The zero-order chi connectivity index (χ0) is 9.14. The number of aromatic carboxylic acids is 1. The lowest BCUT2D eigenvalue weighted by atomic mass is 10.3. The van der Waals surface area contributed by atoms with E-state index >= 15 is 0 Å². The maximum absolute atomic E-state index is 10.4. The van der Waals surface area contributed by atoms with Crippen LogP contribution in [0.25, 0.3) is 0 Å². The van der Waals surface area contributed by atoms with Crippen molar-refractivity contribution in [3.05, 3.63) is 28.0 Å². The van der Waals surface area contributed by atoms with Crippen LogP contribution < -0.4 is 0 Å². The summed E-state index contributed by atoms with van der Waals surface area (Å²) in [5.41, 5.74) is 0.237. The van der Waals surface area contributed by atoms with Gasteiger partial charge in [-0.05, 0) is 22.0 Å². The molecule has 0 fully saturated rings. The number of carboxylic acid groups (broad SMARTS) is 1. The molecule has 0 saturated heterocycles. The summed E-state index contributed by atoms with van der Waals surface area (Å²) in [6.45, 7) is 0. The van der Waals surface area contributed by atoms with E-state index in [-0.39, 0.29) is 5.69 Å². The molecule has 1 aromatic rings. The summed E-state index contributed by atoms with van der Waals surface area (Å²) in [5, 5.41) is 17.0. The van der Waals surface area contributed by atoms with Crippen molar-refractivity contribution < 1.29 is 9.90 Å². The van der Waals surface area contributed by atoms with Crippen LogP contribution in [0.2, 0.25) is 0 Å². The molecular weight excluding hydrogens is 224 g/mol. The second kappa shape index (κ2) is 3.32. The number of carboxylic acids is 1. The van der Waals surface area contributed by atoms with Crippen molar-refractivity contribution in [1.82, 2.24) is 4.98 Å². The standard InChI is InChI=1S/C7H3BrN2O2/c8-5-1-6(7(11)12)10-3-4(5)2-9/h1,3H,(H,11,12). The molecule has 4 nitrogen and oxygen atoms in total. The Hall–Kier alpha value is -1.41. The number of rotatable bonds is 1. The van der Waals surface area contributed by atoms with E-state index < -0.39 is 5.97 Å². The van der Waals surface area contributed by atoms with Crippen LogP contribution in [0.4, 0.5) is 0 Å². The Morgan fingerprint density at radius 3 is 2.83 bits per heavy atom. The zero-order valence-corrected chi connectivity index (χ0v) is 7.37. The molecule has 0 aliphatic carbocycles. The first kappa shape index (κ1) is 8.68. The summed E-state index contributed by atoms with van der Waals surface area (Å²) >= 11 is 3.05. The zero-order valence-electron chi connectivity index (χ0n) is 5.78. The number of hydrogen-bond acceptors (Lipinski definition) is 3. The Morgan fingerprint density at radius 1 is 1.75 bits per heavy atom. The summed E-state index contributed by atoms with van der Waals surface area (Å²) in [4.78, 5) is 13.9. The van der Waals surface area contributed by atoms with Gasteiger partial charge in [-0.2, -0.15) is 5.26 Å². The van der Waals surface area contributed by atoms with Crippen molar-refractivity contribution in [2.45, 2.75) is 0 Å². The maximum atomic E-state index is 10.4. The van der Waals surface area contributed by atoms with Crippen LogP contribution in [0.3, 0.4) is 0 Å². The van der Waals surface area contributed by atoms with Gasteiger partial charge in [0.1, 0.15) is 11.8 Å². The Kier molecular flexibility index (Phi) is 2.41. The van der Waals surface area contributed by atoms with Crippen molar-refractivity contribution >= 4 is 21.9 Å². The van der Waals surface area contributed by atoms with Crippen LogP contribution in [0, 0.1) is 11.3 Å². The van der Waals surface area contributed by atoms with E-state index in [0.29, 0.717) is 10.0 Å². The van der Waals surface area contributed by atoms with Gasteiger partial charge in [0.15, 0.2) is 0 Å². The van der Waals surface area contributed by atoms with Crippen LogP contribution in [0.5, 0.6) is 0 Å². The molecule has 1 rings (SSSR count). The summed E-state index contributed by atoms with van der Waals surface area (Å²) in [6.07, 6.45) is 1.22. The average molecular weight is 227 g/mol. The molecule has 0 atom stereocenters. The molecule has 12 heavy (non-hydrogen) atoms. The molecule has 0 aromatic carbocycles. The van der Waals surface area contributed by atoms with Gasteiger partial charge in [0.25, 0.3) is 0 Å². The number of nitriles is 1. The smallest absolute Gasteiger partial charge is 0.354 e. The number of carbonyl (C=O) groups is 1. The topological polar surface area (TPSA) is 74.0 Å². The minimum atomic E-state index is -1.11. The molecule has 0 spiro atoms. The van der Waals surface area contributed by atoms with Crippen LogP contribution in [-0.2, 0) is 0 Å². The third kappa shape index (κ3) is 1.60. The van der Waals surface area contributed by atoms with Crippen molar-refractivity contribution in [3.8, 4) is 6.07 Å². The quantitative estimate of drug-likeness (QED) is 0.786. The van der Waals surface area contributed by atoms with E-state index in [9.17, 15) is 4.79 Å². The van der Waals surface area contributed by atoms with Gasteiger partial charge in [-0.15, -0.1) is 0 Å². The lowest BCUT2D eigenvalue weighted by Crippen LogP contribution is -2.00. The van der Waals surface area contributed by atoms with Crippen LogP contribution in [0.1, 0.15) is 16.1 Å². The normalized spacial score (nSPS) is 9.00. The number of aromatic nitrogens is 1. The summed E-state index contributed by atoms with van der Waals surface area (Å²) < 4.78 is 0.442. The van der Waals surface area contributed by atoms with Gasteiger partial charge in [0.2, 0.25) is 0 Å². The molecular formula is C7H3BrN2O2. The molecule has 1 aromatic heterocycles. The summed E-state index contributed by atoms with van der Waals surface area (Å²) in [7, 11) is 0. The first-order chi connectivity index (χ1) is 5.65. The monoisotopic (exact) mass is 226 g/mol. The van der Waals surface area contributed by atoms with Gasteiger partial charge in [-0.3, -0.25) is 0 Å². The first-order valence-corrected chi connectivity index (χ1v) is 3.73. The minimum Gasteiger partial charge on any atom is -0.477 e. The largest absolute Gasteiger partial charge is 0.477 e. The molecule has 0 aliphatic heterocycles. The lowest BCUT2D eigenvalue weighted by molar-refractivity contribution is 0.0690. The lowest BCUT2D eigenvalue weighted by Gasteiger charge is -1.95. The van der Waals surface area contributed by atoms with Gasteiger partial charge in [-0.25, -0.2) is 9.78 Å². The van der Waals surface area contributed by atoms with E-state index in [0.717, 1.165) is 0 Å². The predicted octanol–water partition coefficient (Wildman–Crippen LogP) is 1.41. The highest BCUT2D eigenvalue weighted by atomic mass is 79.9. The second-order valence-electron chi connectivity index (χ2n) is 1.97. The average Bonchev–Trinajstić information content (AvgIpc) is 2.04. The Bertz CT molecular complexity index is 370. The Balaban J connectivity index is 3.21. The second-order valence-corrected chi connectivity index (χ2v) is 2.82. The van der Waals surface area contributed by atoms with Crippen molar-refractivity contribution in [3.63, 3.8) is 0 Å². The van der Waals surface area contributed by atoms with E-state index in [1.54, 1.807) is 0 Å². The van der Waals surface area contributed by atoms with Gasteiger partial charge >= 0.3 is 5.97 Å². The maximum Gasteiger partial charge on any atom is 0.354 e. The van der Waals surface area contributed by atoms with Crippen LogP contribution in [-0.4, -0.2) is 16.1 Å². The molecule has 0 aliphatic rings. The van der Waals surface area contributed by atoms with Gasteiger partial charge in [0.05, 0.1) is 5.56 Å². The summed E-state index contributed by atoms with van der Waals surface area (Å²) in [6, 6.07) is 3.15. The molecule has 0 bridgehead atoms. The third-order valence-corrected chi connectivity index (χ3v) is 1.85. The van der Waals surface area contributed by atoms with E-state index in [1.165, 1.54) is 12.3 Å². The minimum absolute atomic E-state index is 0.0825. The highest BCUT2D eigenvalue weighted by Crippen LogP contribution is 2.15. The molecule has 1 N–H and O–H groups in total. The van der Waals surface area contributed by atoms with E-state index in [2.05, 4.69) is 20.9 Å².